The summed E-state index contributed by atoms with van der Waals surface area (Å²) >= 11 is 6.14. The van der Waals surface area contributed by atoms with Crippen molar-refractivity contribution < 1.29 is 9.53 Å². The Morgan fingerprint density at radius 2 is 2.06 bits per heavy atom. The number of ether oxygens (including phenoxy) is 1. The molecule has 0 heterocycles. The molecule has 1 atom stereocenters. The van der Waals surface area contributed by atoms with Crippen LogP contribution in [0.1, 0.15) is 30.0 Å². The van der Waals surface area contributed by atoms with Gasteiger partial charge < -0.3 is 4.74 Å². The lowest BCUT2D eigenvalue weighted by molar-refractivity contribution is -0.143. The number of hydrogen-bond donors (Lipinski definition) is 0. The first kappa shape index (κ1) is 14.0. The number of hydrogen-bond acceptors (Lipinski definition) is 2. The Kier molecular flexibility index (Phi) is 5.49. The molecule has 0 aliphatic carbocycles. The van der Waals surface area contributed by atoms with Crippen molar-refractivity contribution in [3.63, 3.8) is 0 Å². The van der Waals surface area contributed by atoms with Gasteiger partial charge in [0.1, 0.15) is 0 Å². The number of rotatable bonds is 5. The van der Waals surface area contributed by atoms with Crippen LogP contribution in [-0.4, -0.2) is 18.0 Å². The molecule has 0 bridgehead atoms. The zero-order valence-electron chi connectivity index (χ0n) is 10.6. The second kappa shape index (κ2) is 6.65. The Hall–Kier alpha value is -1.02. The smallest absolute Gasteiger partial charge is 0.307 e. The summed E-state index contributed by atoms with van der Waals surface area (Å²) in [5.41, 5.74) is 3.69. The summed E-state index contributed by atoms with van der Waals surface area (Å²) in [5, 5.41) is -0.198. The maximum absolute atomic E-state index is 11.3. The minimum atomic E-state index is -0.226. The predicted molar refractivity (Wildman–Crippen MR) is 70.5 cm³/mol. The highest BCUT2D eigenvalue weighted by molar-refractivity contribution is 6.21. The van der Waals surface area contributed by atoms with Crippen LogP contribution in [0.15, 0.2) is 18.2 Å². The van der Waals surface area contributed by atoms with Gasteiger partial charge in [-0.1, -0.05) is 18.2 Å². The average molecular weight is 255 g/mol. The first-order chi connectivity index (χ1) is 8.02. The summed E-state index contributed by atoms with van der Waals surface area (Å²) in [5.74, 6) is -0.226. The standard InChI is InChI=1S/C14H19ClO2/c1-4-17-14(16)9-13(15)8-12-6-5-10(2)11(3)7-12/h5-7,13H,4,8-9H2,1-3H3. The van der Waals surface area contributed by atoms with Crippen molar-refractivity contribution in [3.8, 4) is 0 Å². The third-order valence-electron chi connectivity index (χ3n) is 2.72. The first-order valence-corrected chi connectivity index (χ1v) is 6.32. The van der Waals surface area contributed by atoms with Gasteiger partial charge in [-0.3, -0.25) is 4.79 Å². The van der Waals surface area contributed by atoms with Gasteiger partial charge in [-0.25, -0.2) is 0 Å². The van der Waals surface area contributed by atoms with E-state index in [1.54, 1.807) is 6.92 Å². The largest absolute Gasteiger partial charge is 0.466 e. The summed E-state index contributed by atoms with van der Waals surface area (Å²) in [6, 6.07) is 6.26. The van der Waals surface area contributed by atoms with Crippen LogP contribution in [0.3, 0.4) is 0 Å². The summed E-state index contributed by atoms with van der Waals surface area (Å²) in [7, 11) is 0. The lowest BCUT2D eigenvalue weighted by Gasteiger charge is -2.10. The molecule has 2 nitrogen and oxygen atoms in total. The van der Waals surface area contributed by atoms with Crippen molar-refractivity contribution in [3.05, 3.63) is 34.9 Å². The molecule has 94 valence electrons. The monoisotopic (exact) mass is 254 g/mol. The van der Waals surface area contributed by atoms with Crippen LogP contribution in [-0.2, 0) is 16.0 Å². The molecule has 17 heavy (non-hydrogen) atoms. The molecule has 1 rings (SSSR count). The van der Waals surface area contributed by atoms with Gasteiger partial charge in [0, 0.05) is 5.38 Å². The van der Waals surface area contributed by atoms with E-state index in [9.17, 15) is 4.79 Å². The fraction of sp³-hybridized carbons (Fsp3) is 0.500. The van der Waals surface area contributed by atoms with Crippen molar-refractivity contribution in [2.75, 3.05) is 6.61 Å². The van der Waals surface area contributed by atoms with Crippen LogP contribution in [0.4, 0.5) is 0 Å². The molecular formula is C14H19ClO2. The summed E-state index contributed by atoms with van der Waals surface area (Å²) in [6.45, 7) is 6.36. The second-order valence-corrected chi connectivity index (χ2v) is 4.85. The first-order valence-electron chi connectivity index (χ1n) is 5.88. The van der Waals surface area contributed by atoms with Gasteiger partial charge in [0.25, 0.3) is 0 Å². The Morgan fingerprint density at radius 1 is 1.35 bits per heavy atom. The van der Waals surface area contributed by atoms with E-state index in [0.717, 1.165) is 5.56 Å². The number of carbonyl (C=O) groups excluding carboxylic acids is 1. The molecule has 0 N–H and O–H groups in total. The molecule has 0 amide bonds. The summed E-state index contributed by atoms with van der Waals surface area (Å²) < 4.78 is 4.87. The van der Waals surface area contributed by atoms with Crippen molar-refractivity contribution in [2.24, 2.45) is 0 Å². The van der Waals surface area contributed by atoms with Crippen molar-refractivity contribution in [1.29, 1.82) is 0 Å². The van der Waals surface area contributed by atoms with Gasteiger partial charge in [0.15, 0.2) is 0 Å². The van der Waals surface area contributed by atoms with E-state index in [1.807, 2.05) is 0 Å². The lowest BCUT2D eigenvalue weighted by atomic mass is 10.0. The molecule has 0 aliphatic heterocycles. The third kappa shape index (κ3) is 4.78. The normalized spacial score (nSPS) is 12.2. The van der Waals surface area contributed by atoms with E-state index in [4.69, 9.17) is 16.3 Å². The lowest BCUT2D eigenvalue weighted by Crippen LogP contribution is -2.13. The highest BCUT2D eigenvalue weighted by Crippen LogP contribution is 2.15. The van der Waals surface area contributed by atoms with Crippen LogP contribution in [0.25, 0.3) is 0 Å². The number of alkyl halides is 1. The molecule has 0 saturated heterocycles. The predicted octanol–water partition coefficient (Wildman–Crippen LogP) is 3.41. The highest BCUT2D eigenvalue weighted by atomic mass is 35.5. The maximum Gasteiger partial charge on any atom is 0.307 e. The molecule has 0 aliphatic rings. The van der Waals surface area contributed by atoms with E-state index in [1.165, 1.54) is 11.1 Å². The van der Waals surface area contributed by atoms with Crippen molar-refractivity contribution >= 4 is 17.6 Å². The molecule has 0 spiro atoms. The van der Waals surface area contributed by atoms with E-state index >= 15 is 0 Å². The van der Waals surface area contributed by atoms with Gasteiger partial charge in [-0.15, -0.1) is 11.6 Å². The minimum Gasteiger partial charge on any atom is -0.466 e. The van der Waals surface area contributed by atoms with Crippen LogP contribution in [0.5, 0.6) is 0 Å². The van der Waals surface area contributed by atoms with Crippen molar-refractivity contribution in [2.45, 2.75) is 39.0 Å². The quantitative estimate of drug-likeness (QED) is 0.595. The number of esters is 1. The highest BCUT2D eigenvalue weighted by Gasteiger charge is 2.12. The molecular weight excluding hydrogens is 236 g/mol. The molecule has 0 saturated carbocycles. The Morgan fingerprint density at radius 3 is 2.65 bits per heavy atom. The Balaban J connectivity index is 2.53. The Bertz CT molecular complexity index is 388. The SMILES string of the molecule is CCOC(=O)CC(Cl)Cc1ccc(C)c(C)c1. The summed E-state index contributed by atoms with van der Waals surface area (Å²) in [4.78, 5) is 11.3. The topological polar surface area (TPSA) is 26.3 Å². The molecule has 0 fully saturated rings. The van der Waals surface area contributed by atoms with Gasteiger partial charge in [-0.2, -0.15) is 0 Å². The zero-order valence-corrected chi connectivity index (χ0v) is 11.4. The van der Waals surface area contributed by atoms with Gasteiger partial charge >= 0.3 is 5.97 Å². The van der Waals surface area contributed by atoms with Crippen molar-refractivity contribution in [1.82, 2.24) is 0 Å². The molecule has 1 aromatic rings. The number of aryl methyl sites for hydroxylation is 2. The molecule has 3 heteroatoms. The molecule has 0 aromatic heterocycles. The van der Waals surface area contributed by atoms with Crippen LogP contribution < -0.4 is 0 Å². The van der Waals surface area contributed by atoms with Crippen LogP contribution in [0, 0.1) is 13.8 Å². The zero-order chi connectivity index (χ0) is 12.8. The second-order valence-electron chi connectivity index (χ2n) is 4.23. The average Bonchev–Trinajstić information content (AvgIpc) is 2.23. The number of carbonyl (C=O) groups is 1. The molecule has 0 radical (unpaired) electrons. The van der Waals surface area contributed by atoms with Crippen LogP contribution >= 0.6 is 11.6 Å². The maximum atomic E-state index is 11.3. The van der Waals surface area contributed by atoms with Gasteiger partial charge in [0.2, 0.25) is 0 Å². The molecule has 1 unspecified atom stereocenters. The van der Waals surface area contributed by atoms with Gasteiger partial charge in [0.05, 0.1) is 13.0 Å². The van der Waals surface area contributed by atoms with Crippen LogP contribution in [0.2, 0.25) is 0 Å². The van der Waals surface area contributed by atoms with E-state index in [2.05, 4.69) is 32.0 Å². The number of benzene rings is 1. The Labute approximate surface area is 108 Å². The fourth-order valence-electron chi connectivity index (χ4n) is 1.66. The van der Waals surface area contributed by atoms with E-state index in [0.29, 0.717) is 13.0 Å². The third-order valence-corrected chi connectivity index (χ3v) is 3.03. The van der Waals surface area contributed by atoms with Gasteiger partial charge in [-0.05, 0) is 43.9 Å². The fourth-order valence-corrected chi connectivity index (χ4v) is 1.96. The molecule has 1 aromatic carbocycles. The van der Waals surface area contributed by atoms with E-state index < -0.39 is 0 Å². The van der Waals surface area contributed by atoms with E-state index in [-0.39, 0.29) is 17.8 Å². The minimum absolute atomic E-state index is 0.198. The summed E-state index contributed by atoms with van der Waals surface area (Å²) in [6.07, 6.45) is 0.962. The number of halogens is 1.